The van der Waals surface area contributed by atoms with Crippen molar-refractivity contribution in [3.8, 4) is 33.0 Å². The summed E-state index contributed by atoms with van der Waals surface area (Å²) >= 11 is 2.79. The molecule has 4 heterocycles. The molecule has 0 aliphatic carbocycles. The zero-order chi connectivity index (χ0) is 37.9. The lowest BCUT2D eigenvalue weighted by Crippen LogP contribution is -2.51. The molecule has 2 saturated heterocycles. The molecule has 12 nitrogen and oxygen atoms in total. The maximum Gasteiger partial charge on any atom is 0.214 e. The van der Waals surface area contributed by atoms with E-state index in [-0.39, 0.29) is 26.4 Å². The number of thiophene rings is 2. The fourth-order valence-corrected chi connectivity index (χ4v) is 9.08. The van der Waals surface area contributed by atoms with Crippen LogP contribution in [0.4, 0.5) is 0 Å². The van der Waals surface area contributed by atoms with Gasteiger partial charge < -0.3 is 19.7 Å². The summed E-state index contributed by atoms with van der Waals surface area (Å²) in [5.74, 6) is 0. The first-order chi connectivity index (χ1) is 24.5. The summed E-state index contributed by atoms with van der Waals surface area (Å²) in [6.45, 7) is 6.61. The van der Waals surface area contributed by atoms with Crippen molar-refractivity contribution < 1.29 is 36.5 Å². The average Bonchev–Trinajstić information content (AvgIpc) is 3.94. The molecular weight excluding hydrogens is 745 g/mol. The second kappa shape index (κ2) is 15.8. The molecule has 0 amide bonds. The minimum atomic E-state index is -3.53. The van der Waals surface area contributed by atoms with Gasteiger partial charge in [-0.2, -0.15) is 10.5 Å². The highest BCUT2D eigenvalue weighted by Crippen LogP contribution is 2.36. The molecule has 0 bridgehead atoms. The molecule has 4 aromatic rings. The summed E-state index contributed by atoms with van der Waals surface area (Å²) in [5, 5.41) is 38.8. The Balaban J connectivity index is 0.000000201. The van der Waals surface area contributed by atoms with Gasteiger partial charge in [-0.05, 0) is 74.2 Å². The van der Waals surface area contributed by atoms with E-state index in [0.29, 0.717) is 20.9 Å². The van der Waals surface area contributed by atoms with E-state index in [1.54, 1.807) is 64.1 Å². The SMILES string of the molecule is CC(C)S(=O)(=O)N[C@@H]1COC[C@@]1(O)c1ccc(-c2ccc(C#N)s2)cc1.CC(C)S(=O)(=O)N[C@H]1COC[C@]1(O)c1ccc(-c2ccc(C#N)s2)cc1. The third-order valence-corrected chi connectivity index (χ3v) is 14.8. The number of nitrogens with zero attached hydrogens (tertiary/aromatic N) is 2. The smallest absolute Gasteiger partial charge is 0.214 e. The van der Waals surface area contributed by atoms with Crippen LogP contribution < -0.4 is 9.44 Å². The normalized spacial score (nSPS) is 23.3. The number of nitrogens with one attached hydrogen (secondary N) is 2. The molecule has 2 aromatic heterocycles. The third-order valence-electron chi connectivity index (χ3n) is 8.99. The predicted octanol–water partition coefficient (Wildman–Crippen LogP) is 4.40. The molecule has 52 heavy (non-hydrogen) atoms. The third kappa shape index (κ3) is 8.48. The molecule has 2 fully saturated rings. The Morgan fingerprint density at radius 1 is 0.654 bits per heavy atom. The molecule has 4 atom stereocenters. The highest BCUT2D eigenvalue weighted by atomic mass is 32.2. The number of hydrogen-bond donors (Lipinski definition) is 4. The summed E-state index contributed by atoms with van der Waals surface area (Å²) in [7, 11) is -7.06. The molecule has 0 saturated carbocycles. The Bertz CT molecular complexity index is 2010. The van der Waals surface area contributed by atoms with Crippen LogP contribution in [0.15, 0.2) is 72.8 Å². The van der Waals surface area contributed by atoms with E-state index in [9.17, 15) is 27.0 Å². The molecular formula is C36H40N4O8S4. The van der Waals surface area contributed by atoms with E-state index in [1.807, 2.05) is 36.4 Å². The zero-order valence-electron chi connectivity index (χ0n) is 28.9. The van der Waals surface area contributed by atoms with Crippen molar-refractivity contribution >= 4 is 42.7 Å². The molecule has 4 N–H and O–H groups in total. The number of nitriles is 2. The first kappa shape index (κ1) is 39.7. The van der Waals surface area contributed by atoms with E-state index < -0.39 is 53.8 Å². The number of hydrogen-bond acceptors (Lipinski definition) is 12. The number of sulfonamides is 2. The van der Waals surface area contributed by atoms with Crippen LogP contribution in [0, 0.1) is 22.7 Å². The number of benzene rings is 2. The topological polar surface area (TPSA) is 199 Å². The van der Waals surface area contributed by atoms with Gasteiger partial charge in [0.15, 0.2) is 0 Å². The second-order valence-corrected chi connectivity index (χ2v) is 19.8. The van der Waals surface area contributed by atoms with Crippen LogP contribution >= 0.6 is 22.7 Å². The zero-order valence-corrected chi connectivity index (χ0v) is 32.2. The Morgan fingerprint density at radius 3 is 1.29 bits per heavy atom. The molecule has 6 rings (SSSR count). The van der Waals surface area contributed by atoms with Crippen molar-refractivity contribution in [1.29, 1.82) is 10.5 Å². The molecule has 0 unspecified atom stereocenters. The average molecular weight is 785 g/mol. The predicted molar refractivity (Wildman–Crippen MR) is 200 cm³/mol. The van der Waals surface area contributed by atoms with Gasteiger partial charge in [-0.3, -0.25) is 0 Å². The van der Waals surface area contributed by atoms with Crippen molar-refractivity contribution in [1.82, 2.24) is 9.44 Å². The van der Waals surface area contributed by atoms with Crippen LogP contribution in [0.2, 0.25) is 0 Å². The van der Waals surface area contributed by atoms with Crippen LogP contribution in [0.1, 0.15) is 48.6 Å². The maximum atomic E-state index is 12.2. The number of ether oxygens (including phenoxy) is 2. The molecule has 0 radical (unpaired) electrons. The van der Waals surface area contributed by atoms with Crippen LogP contribution in [-0.2, 0) is 40.7 Å². The highest BCUT2D eigenvalue weighted by molar-refractivity contribution is 7.90. The van der Waals surface area contributed by atoms with E-state index in [2.05, 4.69) is 21.6 Å². The monoisotopic (exact) mass is 784 g/mol. The summed E-state index contributed by atoms with van der Waals surface area (Å²) in [6, 6.07) is 24.5. The van der Waals surface area contributed by atoms with E-state index in [1.165, 1.54) is 22.7 Å². The summed E-state index contributed by atoms with van der Waals surface area (Å²) in [6.07, 6.45) is 0. The molecule has 2 aromatic carbocycles. The fraction of sp³-hybridized carbons (Fsp3) is 0.389. The van der Waals surface area contributed by atoms with Crippen LogP contribution in [-0.4, -0.2) is 76.1 Å². The van der Waals surface area contributed by atoms with Crippen LogP contribution in [0.25, 0.3) is 20.9 Å². The van der Waals surface area contributed by atoms with Crippen LogP contribution in [0.3, 0.4) is 0 Å². The Morgan fingerprint density at radius 2 is 1.00 bits per heavy atom. The van der Waals surface area contributed by atoms with E-state index in [4.69, 9.17) is 20.0 Å². The number of rotatable bonds is 10. The summed E-state index contributed by atoms with van der Waals surface area (Å²) < 4.78 is 64.6. The molecule has 16 heteroatoms. The Kier molecular flexibility index (Phi) is 12.1. The largest absolute Gasteiger partial charge is 0.381 e. The lowest BCUT2D eigenvalue weighted by molar-refractivity contribution is 0.0120. The first-order valence-electron chi connectivity index (χ1n) is 16.4. The lowest BCUT2D eigenvalue weighted by atomic mass is 9.89. The van der Waals surface area contributed by atoms with Gasteiger partial charge in [0, 0.05) is 9.75 Å². The number of aliphatic hydroxyl groups is 2. The van der Waals surface area contributed by atoms with Crippen molar-refractivity contribution in [3.63, 3.8) is 0 Å². The first-order valence-corrected chi connectivity index (χ1v) is 21.1. The quantitative estimate of drug-likeness (QED) is 0.179. The molecule has 276 valence electrons. The Hall–Kier alpha value is -3.52. The van der Waals surface area contributed by atoms with Crippen molar-refractivity contribution in [2.75, 3.05) is 26.4 Å². The van der Waals surface area contributed by atoms with Crippen molar-refractivity contribution in [3.05, 3.63) is 93.7 Å². The van der Waals surface area contributed by atoms with Crippen LogP contribution in [0.5, 0.6) is 0 Å². The van der Waals surface area contributed by atoms with Gasteiger partial charge in [0.2, 0.25) is 20.0 Å². The van der Waals surface area contributed by atoms with Gasteiger partial charge >= 0.3 is 0 Å². The van der Waals surface area contributed by atoms with Gasteiger partial charge in [0.1, 0.15) is 33.1 Å². The summed E-state index contributed by atoms with van der Waals surface area (Å²) in [5.41, 5.74) is 0.199. The van der Waals surface area contributed by atoms with E-state index >= 15 is 0 Å². The minimum absolute atomic E-state index is 0.0230. The molecule has 2 aliphatic rings. The lowest BCUT2D eigenvalue weighted by Gasteiger charge is -2.29. The molecule has 2 aliphatic heterocycles. The van der Waals surface area contributed by atoms with Gasteiger partial charge in [-0.15, -0.1) is 22.7 Å². The Labute approximate surface area is 312 Å². The maximum absolute atomic E-state index is 12.2. The fourth-order valence-electron chi connectivity index (χ4n) is 5.59. The molecule has 0 spiro atoms. The van der Waals surface area contributed by atoms with E-state index in [0.717, 1.165) is 20.9 Å². The summed E-state index contributed by atoms with van der Waals surface area (Å²) in [4.78, 5) is 3.18. The van der Waals surface area contributed by atoms with Crippen molar-refractivity contribution in [2.45, 2.75) is 61.5 Å². The minimum Gasteiger partial charge on any atom is -0.381 e. The van der Waals surface area contributed by atoms with Gasteiger partial charge in [0.25, 0.3) is 0 Å². The van der Waals surface area contributed by atoms with Gasteiger partial charge in [-0.25, -0.2) is 26.3 Å². The standard InChI is InChI=1S/2C18H20N2O4S2/c2*1-12(2)26(22,23)20-17-10-24-11-18(17,21)14-5-3-13(4-6-14)16-8-7-15(9-19)25-16/h2*3-8,12,17,20-21H,10-11H2,1-2H3/t2*17-,18-/m10/s1. The van der Waals surface area contributed by atoms with Gasteiger partial charge in [-0.1, -0.05) is 48.5 Å². The van der Waals surface area contributed by atoms with Crippen molar-refractivity contribution in [2.24, 2.45) is 0 Å². The highest BCUT2D eigenvalue weighted by Gasteiger charge is 2.47. The van der Waals surface area contributed by atoms with Gasteiger partial charge in [0.05, 0.1) is 49.0 Å². The second-order valence-electron chi connectivity index (χ2n) is 13.1.